The zero-order valence-corrected chi connectivity index (χ0v) is 9.34. The van der Waals surface area contributed by atoms with E-state index in [1.54, 1.807) is 0 Å². The van der Waals surface area contributed by atoms with Crippen LogP contribution in [0.2, 0.25) is 0 Å². The highest BCUT2D eigenvalue weighted by molar-refractivity contribution is 8.14. The first kappa shape index (κ1) is 12.5. The predicted molar refractivity (Wildman–Crippen MR) is 48.5 cm³/mol. The van der Waals surface area contributed by atoms with Crippen molar-refractivity contribution in [2.45, 2.75) is 18.1 Å². The van der Waals surface area contributed by atoms with E-state index in [1.165, 1.54) is 0 Å². The van der Waals surface area contributed by atoms with Gasteiger partial charge in [-0.1, -0.05) is 0 Å². The Morgan fingerprint density at radius 2 is 1.33 bits per heavy atom. The van der Waals surface area contributed by atoms with Crippen molar-refractivity contribution in [3.8, 4) is 0 Å². The monoisotopic (exact) mass is 254 g/mol. The van der Waals surface area contributed by atoms with Gasteiger partial charge >= 0.3 is 0 Å². The van der Waals surface area contributed by atoms with E-state index in [1.807, 2.05) is 0 Å². The smallest absolute Gasteiger partial charge is 0.213 e. The van der Waals surface area contributed by atoms with Crippen LogP contribution < -0.4 is 0 Å². The maximum atomic E-state index is 10.2. The van der Waals surface area contributed by atoms with Crippen molar-refractivity contribution in [1.29, 1.82) is 0 Å². The Morgan fingerprint density at radius 1 is 1.08 bits per heavy atom. The molecule has 1 rings (SSSR count). The van der Waals surface area contributed by atoms with Crippen LogP contribution in [-0.4, -0.2) is 28.3 Å². The molecule has 1 aliphatic rings. The van der Waals surface area contributed by atoms with Gasteiger partial charge in [0.2, 0.25) is 18.1 Å². The second-order valence-corrected chi connectivity index (χ2v) is 8.31. The summed E-state index contributed by atoms with van der Waals surface area (Å²) < 4.78 is 39.1. The van der Waals surface area contributed by atoms with Crippen molar-refractivity contribution in [2.75, 3.05) is 6.26 Å². The minimum absolute atomic E-state index is 0.214. The summed E-state index contributed by atoms with van der Waals surface area (Å²) in [6.45, 7) is 0. The topological polar surface area (TPSA) is 68.3 Å². The van der Waals surface area contributed by atoms with Gasteiger partial charge in [-0.15, -0.1) is 0 Å². The molecule has 0 amide bonds. The van der Waals surface area contributed by atoms with Crippen LogP contribution in [0.25, 0.3) is 0 Å². The molecule has 0 aromatic carbocycles. The summed E-state index contributed by atoms with van der Waals surface area (Å²) in [6.07, 6.45) is 2.44. The zero-order valence-electron chi connectivity index (χ0n) is 6.20. The molecule has 1 aliphatic carbocycles. The molecule has 4 nitrogen and oxygen atoms in total. The van der Waals surface area contributed by atoms with Gasteiger partial charge in [-0.05, 0) is 12.8 Å². The average molecular weight is 255 g/mol. The van der Waals surface area contributed by atoms with E-state index in [9.17, 15) is 16.8 Å². The first-order chi connectivity index (χ1) is 5.11. The van der Waals surface area contributed by atoms with Crippen LogP contribution in [0, 0.1) is 0 Å². The summed E-state index contributed by atoms with van der Waals surface area (Å²) in [7, 11) is 3.05. The van der Waals surface area contributed by atoms with E-state index in [0.29, 0.717) is 0 Å². The molecular formula is C4H8Cl2O4S2. The van der Waals surface area contributed by atoms with Crippen molar-refractivity contribution in [3.63, 3.8) is 0 Å². The highest BCUT2D eigenvalue weighted by Gasteiger charge is 2.33. The second-order valence-electron chi connectivity index (χ2n) is 2.36. The van der Waals surface area contributed by atoms with Crippen LogP contribution in [0.1, 0.15) is 12.8 Å². The Kier molecular flexibility index (Phi) is 4.29. The molecule has 1 fully saturated rings. The Bertz CT molecular complexity index is 318. The standard InChI is InChI=1S/C3H5ClO2S.CH3ClO2S/c4-7(5,6)3-1-2-3;1-5(2,3)4/h3H,1-2H2;1H3. The lowest BCUT2D eigenvalue weighted by molar-refractivity contribution is 0.608. The van der Waals surface area contributed by atoms with Crippen molar-refractivity contribution in [1.82, 2.24) is 0 Å². The van der Waals surface area contributed by atoms with Gasteiger partial charge in [0.25, 0.3) is 0 Å². The second kappa shape index (κ2) is 4.13. The molecule has 0 heterocycles. The number of hydrogen-bond donors (Lipinski definition) is 0. The van der Waals surface area contributed by atoms with Crippen molar-refractivity contribution in [3.05, 3.63) is 0 Å². The van der Waals surface area contributed by atoms with E-state index >= 15 is 0 Å². The fourth-order valence-electron chi connectivity index (χ4n) is 0.350. The van der Waals surface area contributed by atoms with E-state index < -0.39 is 18.1 Å². The molecule has 0 unspecified atom stereocenters. The molecule has 0 bridgehead atoms. The fraction of sp³-hybridized carbons (Fsp3) is 1.00. The van der Waals surface area contributed by atoms with Crippen LogP contribution in [0.4, 0.5) is 0 Å². The van der Waals surface area contributed by atoms with Crippen LogP contribution in [0.15, 0.2) is 0 Å². The lowest BCUT2D eigenvalue weighted by atomic mass is 11.0. The van der Waals surface area contributed by atoms with E-state index in [0.717, 1.165) is 19.1 Å². The highest BCUT2D eigenvalue weighted by Crippen LogP contribution is 2.30. The van der Waals surface area contributed by atoms with E-state index in [2.05, 4.69) is 10.7 Å². The van der Waals surface area contributed by atoms with Gasteiger partial charge < -0.3 is 0 Å². The molecular weight excluding hydrogens is 247 g/mol. The lowest BCUT2D eigenvalue weighted by Crippen LogP contribution is -1.93. The SMILES string of the molecule is CS(=O)(=O)Cl.O=S(=O)(Cl)C1CC1. The van der Waals surface area contributed by atoms with Crippen LogP contribution >= 0.6 is 21.4 Å². The predicted octanol–water partition coefficient (Wildman–Crippen LogP) is 0.902. The van der Waals surface area contributed by atoms with Crippen molar-refractivity contribution >= 4 is 39.5 Å². The van der Waals surface area contributed by atoms with Gasteiger partial charge in [-0.25, -0.2) is 16.8 Å². The third-order valence-corrected chi connectivity index (χ3v) is 2.95. The number of halogens is 2. The third kappa shape index (κ3) is 10.5. The first-order valence-corrected chi connectivity index (χ1v) is 8.03. The largest absolute Gasteiger partial charge is 0.235 e. The van der Waals surface area contributed by atoms with E-state index in [-0.39, 0.29) is 5.25 Å². The summed E-state index contributed by atoms with van der Waals surface area (Å²) in [5.41, 5.74) is 0. The van der Waals surface area contributed by atoms with E-state index in [4.69, 9.17) is 10.7 Å². The number of hydrogen-bond acceptors (Lipinski definition) is 4. The minimum atomic E-state index is -3.19. The maximum Gasteiger partial charge on any atom is 0.235 e. The molecule has 0 aromatic rings. The van der Waals surface area contributed by atoms with Crippen LogP contribution in [0.5, 0.6) is 0 Å². The normalized spacial score (nSPS) is 17.9. The lowest BCUT2D eigenvalue weighted by Gasteiger charge is -1.80. The molecule has 8 heteroatoms. The highest BCUT2D eigenvalue weighted by atomic mass is 35.7. The van der Waals surface area contributed by atoms with Crippen LogP contribution in [0.3, 0.4) is 0 Å². The molecule has 74 valence electrons. The summed E-state index contributed by atoms with van der Waals surface area (Å²) in [5.74, 6) is 0. The molecule has 1 saturated carbocycles. The summed E-state index contributed by atoms with van der Waals surface area (Å²) >= 11 is 0. The quantitative estimate of drug-likeness (QED) is 0.653. The molecule has 12 heavy (non-hydrogen) atoms. The third-order valence-electron chi connectivity index (χ3n) is 0.923. The fourth-order valence-corrected chi connectivity index (χ4v) is 1.58. The molecule has 0 aliphatic heterocycles. The molecule has 0 aromatic heterocycles. The summed E-state index contributed by atoms with van der Waals surface area (Å²) in [5, 5.41) is -0.214. The Balaban J connectivity index is 0.000000217. The maximum absolute atomic E-state index is 10.2. The average Bonchev–Trinajstić information content (AvgIpc) is 2.29. The summed E-state index contributed by atoms with van der Waals surface area (Å²) in [4.78, 5) is 0. The molecule has 0 atom stereocenters. The van der Waals surface area contributed by atoms with Gasteiger partial charge in [0.1, 0.15) is 0 Å². The number of rotatable bonds is 1. The first-order valence-electron chi connectivity index (χ1n) is 2.94. The molecule has 0 N–H and O–H groups in total. The zero-order chi connectivity index (χ0) is 9.99. The van der Waals surface area contributed by atoms with Gasteiger partial charge in [-0.2, -0.15) is 0 Å². The van der Waals surface area contributed by atoms with Crippen molar-refractivity contribution < 1.29 is 16.8 Å². The van der Waals surface area contributed by atoms with Gasteiger partial charge in [0.05, 0.1) is 11.5 Å². The Morgan fingerprint density at radius 3 is 1.33 bits per heavy atom. The molecule has 0 radical (unpaired) electrons. The Labute approximate surface area is 80.7 Å². The van der Waals surface area contributed by atoms with Crippen molar-refractivity contribution in [2.24, 2.45) is 0 Å². The van der Waals surface area contributed by atoms with Gasteiger partial charge in [-0.3, -0.25) is 0 Å². The van der Waals surface area contributed by atoms with Gasteiger partial charge in [0, 0.05) is 21.4 Å². The van der Waals surface area contributed by atoms with Gasteiger partial charge in [0.15, 0.2) is 0 Å². The minimum Gasteiger partial charge on any atom is -0.213 e. The van der Waals surface area contributed by atoms with Crippen LogP contribution in [-0.2, 0) is 18.1 Å². The molecule has 0 spiro atoms. The Hall–Kier alpha value is 0.480. The summed E-state index contributed by atoms with van der Waals surface area (Å²) in [6, 6.07) is 0. The molecule has 0 saturated heterocycles.